The second-order valence-corrected chi connectivity index (χ2v) is 9.06. The van der Waals surface area contributed by atoms with E-state index in [1.165, 1.54) is 16.7 Å². The molecule has 33 heavy (non-hydrogen) atoms. The maximum absolute atomic E-state index is 12.6. The number of fused-ring (bicyclic) bond motifs is 1. The minimum Gasteiger partial charge on any atom is -0.357 e. The lowest BCUT2D eigenvalue weighted by molar-refractivity contribution is -0.131. The molecule has 0 aliphatic carbocycles. The van der Waals surface area contributed by atoms with Crippen LogP contribution in [0.2, 0.25) is 0 Å². The molecule has 4 rings (SSSR count). The van der Waals surface area contributed by atoms with Crippen LogP contribution < -0.4 is 10.6 Å². The van der Waals surface area contributed by atoms with E-state index < -0.39 is 0 Å². The average molecular weight is 448 g/mol. The largest absolute Gasteiger partial charge is 0.357 e. The molecular formula is C27H37N5O. The number of nitrogens with zero attached hydrogens (tertiary/aromatic N) is 3. The van der Waals surface area contributed by atoms with Crippen LogP contribution in [0.1, 0.15) is 49.3 Å². The van der Waals surface area contributed by atoms with E-state index in [1.54, 1.807) is 0 Å². The predicted octanol–water partition coefficient (Wildman–Crippen LogP) is 3.53. The Labute approximate surface area is 198 Å². The Kier molecular flexibility index (Phi) is 8.36. The molecule has 0 aromatic heterocycles. The molecule has 0 spiro atoms. The number of carbonyl (C=O) groups is 1. The Balaban J connectivity index is 1.17. The Morgan fingerprint density at radius 3 is 2.33 bits per heavy atom. The van der Waals surface area contributed by atoms with E-state index >= 15 is 0 Å². The minimum atomic E-state index is 0.227. The first kappa shape index (κ1) is 23.3. The monoisotopic (exact) mass is 447 g/mol. The number of likely N-dealkylation sites (tertiary alicyclic amines) is 1. The zero-order chi connectivity index (χ0) is 22.9. The molecule has 0 radical (unpaired) electrons. The van der Waals surface area contributed by atoms with Gasteiger partial charge in [-0.3, -0.25) is 14.7 Å². The van der Waals surface area contributed by atoms with Gasteiger partial charge in [-0.25, -0.2) is 0 Å². The highest BCUT2D eigenvalue weighted by atomic mass is 16.2. The summed E-state index contributed by atoms with van der Waals surface area (Å²) in [6.45, 7) is 8.29. The first-order valence-corrected chi connectivity index (χ1v) is 12.4. The number of aliphatic imine (C=N–C) groups is 1. The van der Waals surface area contributed by atoms with Gasteiger partial charge in [-0.15, -0.1) is 0 Å². The Bertz CT molecular complexity index is 896. The summed E-state index contributed by atoms with van der Waals surface area (Å²) in [7, 11) is 0. The van der Waals surface area contributed by atoms with E-state index in [0.717, 1.165) is 64.5 Å². The third-order valence-corrected chi connectivity index (χ3v) is 6.53. The van der Waals surface area contributed by atoms with Crippen LogP contribution in [0.25, 0.3) is 0 Å². The number of rotatable bonds is 8. The molecule has 6 nitrogen and oxygen atoms in total. The molecule has 1 fully saturated rings. The SMILES string of the molecule is CCNC(=NCCCC(=O)N1Cc2ccccc2C1)NC1CCN(Cc2ccccc2)CC1. The van der Waals surface area contributed by atoms with Crippen LogP contribution in [0.3, 0.4) is 0 Å². The van der Waals surface area contributed by atoms with Crippen LogP contribution in [0.4, 0.5) is 0 Å². The molecule has 2 aliphatic heterocycles. The Morgan fingerprint density at radius 1 is 1.00 bits per heavy atom. The van der Waals surface area contributed by atoms with E-state index in [9.17, 15) is 4.79 Å². The van der Waals surface area contributed by atoms with E-state index in [0.29, 0.717) is 19.0 Å². The first-order valence-electron chi connectivity index (χ1n) is 12.4. The molecule has 2 aromatic carbocycles. The molecule has 6 heteroatoms. The quantitative estimate of drug-likeness (QED) is 0.369. The fourth-order valence-corrected chi connectivity index (χ4v) is 4.68. The molecule has 2 aliphatic rings. The van der Waals surface area contributed by atoms with Gasteiger partial charge in [0, 0.05) is 58.3 Å². The fourth-order valence-electron chi connectivity index (χ4n) is 4.68. The number of piperidine rings is 1. The molecule has 2 N–H and O–H groups in total. The fraction of sp³-hybridized carbons (Fsp3) is 0.481. The van der Waals surface area contributed by atoms with Gasteiger partial charge in [0.15, 0.2) is 5.96 Å². The van der Waals surface area contributed by atoms with Crippen LogP contribution in [-0.4, -0.2) is 53.9 Å². The standard InChI is InChI=1S/C27H37N5O/c1-2-28-27(30-25-14-17-31(18-15-25)19-22-9-4-3-5-10-22)29-16-8-13-26(33)32-20-23-11-6-7-12-24(23)21-32/h3-7,9-12,25H,2,8,13-21H2,1H3,(H2,28,29,30). The van der Waals surface area contributed by atoms with Gasteiger partial charge >= 0.3 is 0 Å². The van der Waals surface area contributed by atoms with Crippen molar-refractivity contribution in [2.75, 3.05) is 26.2 Å². The summed E-state index contributed by atoms with van der Waals surface area (Å²) in [6, 6.07) is 19.5. The summed E-state index contributed by atoms with van der Waals surface area (Å²) in [5, 5.41) is 6.98. The van der Waals surface area contributed by atoms with Crippen LogP contribution in [0, 0.1) is 0 Å². The molecule has 0 saturated carbocycles. The molecule has 1 amide bonds. The van der Waals surface area contributed by atoms with Gasteiger partial charge in [-0.05, 0) is 42.9 Å². The van der Waals surface area contributed by atoms with Crippen molar-refractivity contribution in [3.05, 3.63) is 71.3 Å². The van der Waals surface area contributed by atoms with Crippen LogP contribution in [0.15, 0.2) is 59.6 Å². The van der Waals surface area contributed by atoms with Crippen LogP contribution >= 0.6 is 0 Å². The van der Waals surface area contributed by atoms with Gasteiger partial charge in [-0.1, -0.05) is 54.6 Å². The zero-order valence-electron chi connectivity index (χ0n) is 19.8. The van der Waals surface area contributed by atoms with Crippen molar-refractivity contribution in [3.8, 4) is 0 Å². The molecular weight excluding hydrogens is 410 g/mol. The van der Waals surface area contributed by atoms with Gasteiger partial charge in [0.1, 0.15) is 0 Å². The highest BCUT2D eigenvalue weighted by Crippen LogP contribution is 2.23. The lowest BCUT2D eigenvalue weighted by Crippen LogP contribution is -2.48. The molecule has 0 bridgehead atoms. The number of benzene rings is 2. The smallest absolute Gasteiger partial charge is 0.223 e. The van der Waals surface area contributed by atoms with Crippen molar-refractivity contribution in [1.82, 2.24) is 20.4 Å². The van der Waals surface area contributed by atoms with Crippen molar-refractivity contribution in [2.24, 2.45) is 4.99 Å². The van der Waals surface area contributed by atoms with E-state index in [1.807, 2.05) is 17.0 Å². The highest BCUT2D eigenvalue weighted by Gasteiger charge is 2.22. The lowest BCUT2D eigenvalue weighted by Gasteiger charge is -2.33. The van der Waals surface area contributed by atoms with Gasteiger partial charge in [0.25, 0.3) is 0 Å². The maximum Gasteiger partial charge on any atom is 0.223 e. The van der Waals surface area contributed by atoms with E-state index in [-0.39, 0.29) is 5.91 Å². The predicted molar refractivity (Wildman–Crippen MR) is 134 cm³/mol. The summed E-state index contributed by atoms with van der Waals surface area (Å²) in [4.78, 5) is 21.8. The number of nitrogens with one attached hydrogen (secondary N) is 2. The molecule has 0 unspecified atom stereocenters. The summed E-state index contributed by atoms with van der Waals surface area (Å²) >= 11 is 0. The molecule has 176 valence electrons. The Morgan fingerprint density at radius 2 is 1.67 bits per heavy atom. The van der Waals surface area contributed by atoms with Gasteiger partial charge in [0.2, 0.25) is 5.91 Å². The topological polar surface area (TPSA) is 60.0 Å². The number of carbonyl (C=O) groups excluding carboxylic acids is 1. The van der Waals surface area contributed by atoms with Crippen molar-refractivity contribution in [2.45, 2.75) is 58.3 Å². The third kappa shape index (κ3) is 6.81. The van der Waals surface area contributed by atoms with Crippen molar-refractivity contribution >= 4 is 11.9 Å². The summed E-state index contributed by atoms with van der Waals surface area (Å²) in [5.74, 6) is 1.10. The first-order chi connectivity index (χ1) is 16.2. The zero-order valence-corrected chi connectivity index (χ0v) is 19.8. The van der Waals surface area contributed by atoms with E-state index in [4.69, 9.17) is 4.99 Å². The average Bonchev–Trinajstić information content (AvgIpc) is 3.28. The number of amides is 1. The Hall–Kier alpha value is -2.86. The maximum atomic E-state index is 12.6. The molecule has 1 saturated heterocycles. The number of guanidine groups is 1. The normalized spacial score (nSPS) is 17.1. The van der Waals surface area contributed by atoms with Gasteiger partial charge in [0.05, 0.1) is 0 Å². The second-order valence-electron chi connectivity index (χ2n) is 9.06. The van der Waals surface area contributed by atoms with Crippen molar-refractivity contribution in [1.29, 1.82) is 0 Å². The second kappa shape index (κ2) is 11.8. The van der Waals surface area contributed by atoms with Gasteiger partial charge in [-0.2, -0.15) is 0 Å². The minimum absolute atomic E-state index is 0.227. The third-order valence-electron chi connectivity index (χ3n) is 6.53. The van der Waals surface area contributed by atoms with Crippen molar-refractivity contribution < 1.29 is 4.79 Å². The lowest BCUT2D eigenvalue weighted by atomic mass is 10.0. The summed E-state index contributed by atoms with van der Waals surface area (Å²) in [5.41, 5.74) is 3.93. The van der Waals surface area contributed by atoms with Gasteiger partial charge < -0.3 is 15.5 Å². The van der Waals surface area contributed by atoms with Crippen molar-refractivity contribution in [3.63, 3.8) is 0 Å². The van der Waals surface area contributed by atoms with Crippen LogP contribution in [0.5, 0.6) is 0 Å². The summed E-state index contributed by atoms with van der Waals surface area (Å²) < 4.78 is 0. The number of hydrogen-bond acceptors (Lipinski definition) is 3. The molecule has 0 atom stereocenters. The summed E-state index contributed by atoms with van der Waals surface area (Å²) in [6.07, 6.45) is 3.56. The molecule has 2 aromatic rings. The molecule has 2 heterocycles. The highest BCUT2D eigenvalue weighted by molar-refractivity contribution is 5.80. The number of hydrogen-bond donors (Lipinski definition) is 2. The van der Waals surface area contributed by atoms with E-state index in [2.05, 4.69) is 64.9 Å². The van der Waals surface area contributed by atoms with Crippen LogP contribution in [-0.2, 0) is 24.4 Å².